The van der Waals surface area contributed by atoms with Crippen LogP contribution in [0.1, 0.15) is 48.3 Å². The number of nitrogens with zero attached hydrogens (tertiary/aromatic N) is 3. The largest absolute Gasteiger partial charge is 0.350 e. The topological polar surface area (TPSA) is 98.4 Å². The summed E-state index contributed by atoms with van der Waals surface area (Å²) in [5.41, 5.74) is 0.00990. The zero-order valence-electron chi connectivity index (χ0n) is 18.6. The summed E-state index contributed by atoms with van der Waals surface area (Å²) in [5, 5.41) is 3.20. The van der Waals surface area contributed by atoms with E-state index in [9.17, 15) is 17.6 Å². The van der Waals surface area contributed by atoms with E-state index in [0.29, 0.717) is 38.5 Å². The number of aromatic nitrogens is 2. The van der Waals surface area contributed by atoms with Gasteiger partial charge in [-0.05, 0) is 38.0 Å². The second-order valence-electron chi connectivity index (χ2n) is 8.82. The highest BCUT2D eigenvalue weighted by molar-refractivity contribution is 7.89. The average Bonchev–Trinajstić information content (AvgIpc) is 3.25. The maximum absolute atomic E-state index is 13.3. The average molecular weight is 498 g/mol. The molecule has 1 aromatic heterocycles. The number of piperazine rings is 1. The lowest BCUT2D eigenvalue weighted by Crippen LogP contribution is -2.62. The van der Waals surface area contributed by atoms with Gasteiger partial charge in [-0.3, -0.25) is 9.69 Å². The maximum Gasteiger partial charge on any atom is 0.260 e. The zero-order valence-corrected chi connectivity index (χ0v) is 20.2. The van der Waals surface area contributed by atoms with Crippen LogP contribution in [-0.2, 0) is 10.0 Å². The predicted octanol–water partition coefficient (Wildman–Crippen LogP) is 2.95. The van der Waals surface area contributed by atoms with Crippen LogP contribution in [0.25, 0.3) is 0 Å². The third-order valence-electron chi connectivity index (χ3n) is 6.74. The number of aromatic amines is 1. The smallest absolute Gasteiger partial charge is 0.260 e. The van der Waals surface area contributed by atoms with E-state index in [1.165, 1.54) is 22.6 Å². The van der Waals surface area contributed by atoms with Crippen LogP contribution < -0.4 is 5.32 Å². The summed E-state index contributed by atoms with van der Waals surface area (Å²) < 4.78 is 40.7. The first-order valence-electron chi connectivity index (χ1n) is 11.2. The quantitative estimate of drug-likeness (QED) is 0.639. The number of sulfonamides is 1. The van der Waals surface area contributed by atoms with Crippen LogP contribution in [-0.4, -0.2) is 71.8 Å². The van der Waals surface area contributed by atoms with Crippen LogP contribution in [0, 0.1) is 12.7 Å². The van der Waals surface area contributed by atoms with Crippen molar-refractivity contribution in [2.75, 3.05) is 32.7 Å². The van der Waals surface area contributed by atoms with Gasteiger partial charge in [-0.2, -0.15) is 4.31 Å². The second kappa shape index (κ2) is 9.69. The van der Waals surface area contributed by atoms with Crippen LogP contribution in [0.4, 0.5) is 4.39 Å². The Balaban J connectivity index is 1.44. The Morgan fingerprint density at radius 2 is 1.91 bits per heavy atom. The Bertz CT molecular complexity index is 1110. The molecule has 1 saturated carbocycles. The zero-order chi connectivity index (χ0) is 23.6. The van der Waals surface area contributed by atoms with Gasteiger partial charge in [-0.15, -0.1) is 0 Å². The summed E-state index contributed by atoms with van der Waals surface area (Å²) >= 11 is 6.06. The maximum atomic E-state index is 13.3. The van der Waals surface area contributed by atoms with Crippen LogP contribution in [0.3, 0.4) is 0 Å². The fraction of sp³-hybridized carbons (Fsp3) is 0.545. The van der Waals surface area contributed by atoms with Crippen molar-refractivity contribution in [2.45, 2.75) is 49.6 Å². The lowest BCUT2D eigenvalue weighted by atomic mass is 9.79. The second-order valence-corrected chi connectivity index (χ2v) is 11.1. The Hall–Kier alpha value is -2.01. The molecule has 1 saturated heterocycles. The summed E-state index contributed by atoms with van der Waals surface area (Å²) in [6, 6.07) is 3.74. The van der Waals surface area contributed by atoms with Crippen molar-refractivity contribution in [3.63, 3.8) is 0 Å². The number of nitrogens with one attached hydrogen (secondary N) is 2. The first kappa shape index (κ1) is 24.1. The monoisotopic (exact) mass is 497 g/mol. The molecule has 1 amide bonds. The van der Waals surface area contributed by atoms with Gasteiger partial charge in [0.05, 0.1) is 16.8 Å². The van der Waals surface area contributed by atoms with Crippen molar-refractivity contribution in [2.24, 2.45) is 0 Å². The van der Waals surface area contributed by atoms with Gasteiger partial charge < -0.3 is 10.3 Å². The number of carbonyl (C=O) groups excluding carboxylic acids is 1. The van der Waals surface area contributed by atoms with Crippen LogP contribution in [0.2, 0.25) is 5.02 Å². The first-order chi connectivity index (χ1) is 15.7. The number of amides is 1. The molecular formula is C22H29ClFN5O3S. The SMILES string of the molecule is Cc1ncc(S(=O)(=O)N2CCN(C3(CNC(=O)c4ccc(F)cc4Cl)CCCCC3)CC2)[nH]1. The highest BCUT2D eigenvalue weighted by Crippen LogP contribution is 2.34. The molecule has 2 fully saturated rings. The molecule has 8 nitrogen and oxygen atoms in total. The van der Waals surface area contributed by atoms with Gasteiger partial charge in [-0.1, -0.05) is 30.9 Å². The van der Waals surface area contributed by atoms with Gasteiger partial charge in [0.25, 0.3) is 15.9 Å². The fourth-order valence-corrected chi connectivity index (χ4v) is 6.54. The Morgan fingerprint density at radius 3 is 2.52 bits per heavy atom. The van der Waals surface area contributed by atoms with E-state index in [2.05, 4.69) is 20.2 Å². The van der Waals surface area contributed by atoms with Gasteiger partial charge >= 0.3 is 0 Å². The minimum atomic E-state index is -3.61. The van der Waals surface area contributed by atoms with E-state index in [1.54, 1.807) is 6.92 Å². The van der Waals surface area contributed by atoms with Gasteiger partial charge in [0.2, 0.25) is 0 Å². The fourth-order valence-electron chi connectivity index (χ4n) is 4.90. The number of hydrogen-bond acceptors (Lipinski definition) is 5. The lowest BCUT2D eigenvalue weighted by molar-refractivity contribution is 0.0240. The van der Waals surface area contributed by atoms with E-state index in [4.69, 9.17) is 11.6 Å². The van der Waals surface area contributed by atoms with Crippen LogP contribution in [0.5, 0.6) is 0 Å². The molecular weight excluding hydrogens is 469 g/mol. The van der Waals surface area contributed by atoms with Crippen molar-refractivity contribution in [3.8, 4) is 0 Å². The van der Waals surface area contributed by atoms with Crippen molar-refractivity contribution >= 4 is 27.5 Å². The Kier molecular flexibility index (Phi) is 7.09. The molecule has 1 aromatic carbocycles. The molecule has 0 spiro atoms. The van der Waals surface area contributed by atoms with Crippen molar-refractivity contribution in [3.05, 3.63) is 46.6 Å². The van der Waals surface area contributed by atoms with Crippen molar-refractivity contribution in [1.29, 1.82) is 0 Å². The molecule has 0 radical (unpaired) electrons. The number of hydrogen-bond donors (Lipinski definition) is 2. The number of carbonyl (C=O) groups is 1. The van der Waals surface area contributed by atoms with E-state index in [-0.39, 0.29) is 27.1 Å². The third kappa shape index (κ3) is 5.08. The van der Waals surface area contributed by atoms with Crippen LogP contribution in [0.15, 0.2) is 29.4 Å². The summed E-state index contributed by atoms with van der Waals surface area (Å²) in [6.45, 7) is 4.07. The van der Waals surface area contributed by atoms with Crippen molar-refractivity contribution in [1.82, 2.24) is 24.5 Å². The number of imidazole rings is 1. The highest BCUT2D eigenvalue weighted by Gasteiger charge is 2.41. The molecule has 2 heterocycles. The lowest BCUT2D eigenvalue weighted by Gasteiger charge is -2.49. The minimum absolute atomic E-state index is 0.0815. The van der Waals surface area contributed by atoms with E-state index < -0.39 is 15.8 Å². The standard InChI is InChI=1S/C22H29ClFN5O3S/c1-16-25-14-20(27-16)33(31,32)29-11-9-28(10-12-29)22(7-3-2-4-8-22)15-26-21(30)18-6-5-17(24)13-19(18)23/h5-6,13-14H,2-4,7-12,15H2,1H3,(H,25,27)(H,26,30). The molecule has 11 heteroatoms. The van der Waals surface area contributed by atoms with Gasteiger partial charge in [0.1, 0.15) is 11.6 Å². The Morgan fingerprint density at radius 1 is 1.21 bits per heavy atom. The van der Waals surface area contributed by atoms with Crippen LogP contribution >= 0.6 is 11.6 Å². The number of benzene rings is 1. The Labute approximate surface area is 198 Å². The molecule has 2 N–H and O–H groups in total. The number of H-pyrrole nitrogens is 1. The van der Waals surface area contributed by atoms with Gasteiger partial charge in [0.15, 0.2) is 5.03 Å². The highest BCUT2D eigenvalue weighted by atomic mass is 35.5. The number of halogens is 2. The first-order valence-corrected chi connectivity index (χ1v) is 13.0. The third-order valence-corrected chi connectivity index (χ3v) is 8.87. The van der Waals surface area contributed by atoms with Crippen molar-refractivity contribution < 1.29 is 17.6 Å². The molecule has 4 rings (SSSR count). The predicted molar refractivity (Wildman–Crippen MR) is 123 cm³/mol. The van der Waals surface area contributed by atoms with Gasteiger partial charge in [0, 0.05) is 38.3 Å². The van der Waals surface area contributed by atoms with E-state index >= 15 is 0 Å². The summed E-state index contributed by atoms with van der Waals surface area (Å²) in [4.78, 5) is 21.9. The number of aryl methyl sites for hydroxylation is 1. The molecule has 0 bridgehead atoms. The molecule has 1 aliphatic heterocycles. The summed E-state index contributed by atoms with van der Waals surface area (Å²) in [7, 11) is -3.61. The molecule has 33 heavy (non-hydrogen) atoms. The van der Waals surface area contributed by atoms with E-state index in [0.717, 1.165) is 38.2 Å². The molecule has 2 aliphatic rings. The van der Waals surface area contributed by atoms with Gasteiger partial charge in [-0.25, -0.2) is 17.8 Å². The molecule has 0 atom stereocenters. The molecule has 180 valence electrons. The van der Waals surface area contributed by atoms with E-state index in [1.807, 2.05) is 0 Å². The molecule has 2 aromatic rings. The summed E-state index contributed by atoms with van der Waals surface area (Å²) in [5.74, 6) is -0.260. The molecule has 0 unspecified atom stereocenters. The molecule has 1 aliphatic carbocycles. The number of rotatable bonds is 6. The minimum Gasteiger partial charge on any atom is -0.350 e. The normalized spacial score (nSPS) is 20.0. The summed E-state index contributed by atoms with van der Waals surface area (Å²) in [6.07, 6.45) is 6.47.